The Morgan fingerprint density at radius 2 is 2.50 bits per heavy atom. The fourth-order valence-electron chi connectivity index (χ4n) is 1.06. The van der Waals surface area contributed by atoms with E-state index in [4.69, 9.17) is 5.73 Å². The smallest absolute Gasteiger partial charge is 0.242 e. The summed E-state index contributed by atoms with van der Waals surface area (Å²) in [4.78, 5) is 15.1. The van der Waals surface area contributed by atoms with Gasteiger partial charge in [0.05, 0.1) is 0 Å². The summed E-state index contributed by atoms with van der Waals surface area (Å²) in [6.07, 6.45) is 3.73. The first kappa shape index (κ1) is 10.6. The fourth-order valence-corrected chi connectivity index (χ4v) is 1.06. The molecule has 14 heavy (non-hydrogen) atoms. The summed E-state index contributed by atoms with van der Waals surface area (Å²) in [5.41, 5.74) is 5.46. The van der Waals surface area contributed by atoms with Crippen molar-refractivity contribution in [2.75, 3.05) is 6.54 Å². The summed E-state index contributed by atoms with van der Waals surface area (Å²) in [5.74, 6) is -0.0900. The summed E-state index contributed by atoms with van der Waals surface area (Å²) in [5, 5.41) is 6.63. The normalized spacial score (nSPS) is 12.4. The van der Waals surface area contributed by atoms with Crippen LogP contribution in [0.15, 0.2) is 12.7 Å². The van der Waals surface area contributed by atoms with Gasteiger partial charge in [-0.25, -0.2) is 9.67 Å². The largest absolute Gasteiger partial charge is 0.350 e. The van der Waals surface area contributed by atoms with Crippen molar-refractivity contribution in [2.45, 2.75) is 25.9 Å². The van der Waals surface area contributed by atoms with E-state index in [1.807, 2.05) is 6.92 Å². The van der Waals surface area contributed by atoms with E-state index < -0.39 is 0 Å². The maximum absolute atomic E-state index is 11.4. The number of rotatable bonds is 5. The highest BCUT2D eigenvalue weighted by atomic mass is 16.2. The lowest BCUT2D eigenvalue weighted by molar-refractivity contribution is -0.122. The Balaban J connectivity index is 2.35. The van der Waals surface area contributed by atoms with E-state index in [-0.39, 0.29) is 18.5 Å². The topological polar surface area (TPSA) is 85.8 Å². The molecule has 0 aliphatic carbocycles. The van der Waals surface area contributed by atoms with E-state index >= 15 is 0 Å². The van der Waals surface area contributed by atoms with Crippen molar-refractivity contribution in [1.82, 2.24) is 20.1 Å². The molecule has 1 aromatic rings. The molecule has 78 valence electrons. The van der Waals surface area contributed by atoms with Crippen LogP contribution in [0, 0.1) is 0 Å². The Morgan fingerprint density at radius 1 is 1.71 bits per heavy atom. The predicted octanol–water partition coefficient (Wildman–Crippen LogP) is -0.868. The molecule has 0 radical (unpaired) electrons. The van der Waals surface area contributed by atoms with Crippen LogP contribution in [0.3, 0.4) is 0 Å². The summed E-state index contributed by atoms with van der Waals surface area (Å²) in [6, 6.07) is 0.0472. The van der Waals surface area contributed by atoms with Gasteiger partial charge in [0.2, 0.25) is 5.91 Å². The van der Waals surface area contributed by atoms with Crippen molar-refractivity contribution in [3.8, 4) is 0 Å². The lowest BCUT2D eigenvalue weighted by atomic mass is 10.2. The summed E-state index contributed by atoms with van der Waals surface area (Å²) in [7, 11) is 0. The van der Waals surface area contributed by atoms with Crippen molar-refractivity contribution in [3.05, 3.63) is 12.7 Å². The monoisotopic (exact) mass is 197 g/mol. The van der Waals surface area contributed by atoms with Crippen LogP contribution < -0.4 is 11.1 Å². The molecule has 1 atom stereocenters. The summed E-state index contributed by atoms with van der Waals surface area (Å²) >= 11 is 0. The van der Waals surface area contributed by atoms with Crippen LogP contribution in [0.5, 0.6) is 0 Å². The maximum Gasteiger partial charge on any atom is 0.242 e. The van der Waals surface area contributed by atoms with Crippen LogP contribution in [0.25, 0.3) is 0 Å². The molecule has 0 saturated carbocycles. The molecule has 1 unspecified atom stereocenters. The number of carbonyl (C=O) groups excluding carboxylic acids is 1. The standard InChI is InChI=1S/C8H15N5O/c1-2-7(3-9)12-8(14)4-13-6-10-5-11-13/h5-7H,2-4,9H2,1H3,(H,12,14). The van der Waals surface area contributed by atoms with Crippen molar-refractivity contribution in [2.24, 2.45) is 5.73 Å². The molecule has 6 nitrogen and oxygen atoms in total. The zero-order chi connectivity index (χ0) is 10.4. The number of nitrogens with one attached hydrogen (secondary N) is 1. The molecule has 1 rings (SSSR count). The molecule has 6 heteroatoms. The van der Waals surface area contributed by atoms with E-state index in [0.717, 1.165) is 6.42 Å². The highest BCUT2D eigenvalue weighted by Gasteiger charge is 2.08. The highest BCUT2D eigenvalue weighted by molar-refractivity contribution is 5.75. The van der Waals surface area contributed by atoms with Gasteiger partial charge in [0.1, 0.15) is 19.2 Å². The molecule has 1 amide bonds. The van der Waals surface area contributed by atoms with Gasteiger partial charge in [-0.2, -0.15) is 5.10 Å². The first-order chi connectivity index (χ1) is 6.76. The molecular formula is C8H15N5O. The quantitative estimate of drug-likeness (QED) is 0.642. The second kappa shape index (κ2) is 5.33. The summed E-state index contributed by atoms with van der Waals surface area (Å²) in [6.45, 7) is 2.63. The van der Waals surface area contributed by atoms with Crippen molar-refractivity contribution in [1.29, 1.82) is 0 Å². The van der Waals surface area contributed by atoms with E-state index in [9.17, 15) is 4.79 Å². The second-order valence-electron chi connectivity index (χ2n) is 3.00. The predicted molar refractivity (Wildman–Crippen MR) is 51.3 cm³/mol. The van der Waals surface area contributed by atoms with Crippen molar-refractivity contribution < 1.29 is 4.79 Å². The third-order valence-corrected chi connectivity index (χ3v) is 1.91. The number of hydrogen-bond acceptors (Lipinski definition) is 4. The van der Waals surface area contributed by atoms with Gasteiger partial charge in [0.25, 0.3) is 0 Å². The van der Waals surface area contributed by atoms with E-state index in [0.29, 0.717) is 6.54 Å². The maximum atomic E-state index is 11.4. The number of hydrogen-bond donors (Lipinski definition) is 2. The fraction of sp³-hybridized carbons (Fsp3) is 0.625. The average molecular weight is 197 g/mol. The molecule has 0 saturated heterocycles. The molecule has 0 aliphatic rings. The minimum absolute atomic E-state index is 0.0472. The number of amides is 1. The Kier molecular flexibility index (Phi) is 4.06. The molecule has 3 N–H and O–H groups in total. The Hall–Kier alpha value is -1.43. The van der Waals surface area contributed by atoms with Crippen LogP contribution in [0.2, 0.25) is 0 Å². The zero-order valence-corrected chi connectivity index (χ0v) is 8.18. The zero-order valence-electron chi connectivity index (χ0n) is 8.18. The van der Waals surface area contributed by atoms with E-state index in [1.54, 1.807) is 0 Å². The number of carbonyl (C=O) groups is 1. The number of nitrogens with zero attached hydrogens (tertiary/aromatic N) is 3. The van der Waals surface area contributed by atoms with Crippen LogP contribution in [-0.4, -0.2) is 33.3 Å². The molecule has 0 aliphatic heterocycles. The van der Waals surface area contributed by atoms with E-state index in [2.05, 4.69) is 15.4 Å². The van der Waals surface area contributed by atoms with Crippen molar-refractivity contribution in [3.63, 3.8) is 0 Å². The van der Waals surface area contributed by atoms with Crippen molar-refractivity contribution >= 4 is 5.91 Å². The SMILES string of the molecule is CCC(CN)NC(=O)Cn1cncn1. The minimum Gasteiger partial charge on any atom is -0.350 e. The van der Waals surface area contributed by atoms with Gasteiger partial charge in [-0.05, 0) is 6.42 Å². The molecule has 1 aromatic heterocycles. The number of nitrogens with two attached hydrogens (primary N) is 1. The lowest BCUT2D eigenvalue weighted by Gasteiger charge is -2.14. The van der Waals surface area contributed by atoms with Crippen LogP contribution in [-0.2, 0) is 11.3 Å². The molecule has 1 heterocycles. The van der Waals surface area contributed by atoms with Gasteiger partial charge < -0.3 is 11.1 Å². The van der Waals surface area contributed by atoms with Gasteiger partial charge in [-0.3, -0.25) is 4.79 Å². The number of aromatic nitrogens is 3. The second-order valence-corrected chi connectivity index (χ2v) is 3.00. The van der Waals surface area contributed by atoms with Gasteiger partial charge in [-0.15, -0.1) is 0 Å². The van der Waals surface area contributed by atoms with Gasteiger partial charge in [0, 0.05) is 12.6 Å². The Morgan fingerprint density at radius 3 is 3.00 bits per heavy atom. The minimum atomic E-state index is -0.0900. The van der Waals surface area contributed by atoms with Crippen LogP contribution in [0.1, 0.15) is 13.3 Å². The lowest BCUT2D eigenvalue weighted by Crippen LogP contribution is -2.41. The first-order valence-corrected chi connectivity index (χ1v) is 4.58. The molecule has 0 aromatic carbocycles. The Bertz CT molecular complexity index is 267. The van der Waals surface area contributed by atoms with Gasteiger partial charge in [0.15, 0.2) is 0 Å². The Labute approximate surface area is 82.5 Å². The van der Waals surface area contributed by atoms with Gasteiger partial charge >= 0.3 is 0 Å². The third-order valence-electron chi connectivity index (χ3n) is 1.91. The molecule has 0 bridgehead atoms. The third kappa shape index (κ3) is 3.14. The first-order valence-electron chi connectivity index (χ1n) is 4.58. The van der Waals surface area contributed by atoms with E-state index in [1.165, 1.54) is 17.3 Å². The molecule has 0 spiro atoms. The highest BCUT2D eigenvalue weighted by Crippen LogP contribution is 1.88. The summed E-state index contributed by atoms with van der Waals surface area (Å²) < 4.78 is 1.47. The molecular weight excluding hydrogens is 182 g/mol. The van der Waals surface area contributed by atoms with Crippen LogP contribution >= 0.6 is 0 Å². The molecule has 0 fully saturated rings. The average Bonchev–Trinajstić information content (AvgIpc) is 2.66. The van der Waals surface area contributed by atoms with Gasteiger partial charge in [-0.1, -0.05) is 6.92 Å². The van der Waals surface area contributed by atoms with Crippen LogP contribution in [0.4, 0.5) is 0 Å².